The van der Waals surface area contributed by atoms with Gasteiger partial charge in [0.25, 0.3) is 0 Å². The van der Waals surface area contributed by atoms with Gasteiger partial charge in [0.05, 0.1) is 25.9 Å². The molecule has 2 heterocycles. The number of halogens is 1. The lowest BCUT2D eigenvalue weighted by atomic mass is 10.0. The van der Waals surface area contributed by atoms with Crippen LogP contribution in [0.3, 0.4) is 0 Å². The number of H-pyrrole nitrogens is 1. The third kappa shape index (κ3) is 6.58. The molecule has 1 atom stereocenters. The number of rotatable bonds is 8. The van der Waals surface area contributed by atoms with E-state index in [1.165, 1.54) is 5.56 Å². The van der Waals surface area contributed by atoms with Crippen LogP contribution in [-0.2, 0) is 17.3 Å². The van der Waals surface area contributed by atoms with Gasteiger partial charge in [0.2, 0.25) is 5.91 Å². The Morgan fingerprint density at radius 3 is 2.39 bits per heavy atom. The molecule has 0 aliphatic carbocycles. The van der Waals surface area contributed by atoms with Crippen molar-refractivity contribution in [2.24, 2.45) is 0 Å². The zero-order chi connectivity index (χ0) is 22.6. The molecule has 0 fully saturated rings. The molecule has 0 bridgehead atoms. The fourth-order valence-electron chi connectivity index (χ4n) is 3.38. The first-order valence-electron chi connectivity index (χ1n) is 10.5. The lowest BCUT2D eigenvalue weighted by Gasteiger charge is -2.20. The number of carbonyl (C=O) groups is 1. The Labute approximate surface area is 193 Å². The number of benzene rings is 1. The van der Waals surface area contributed by atoms with E-state index in [2.05, 4.69) is 87.3 Å². The van der Waals surface area contributed by atoms with E-state index >= 15 is 0 Å². The Bertz CT molecular complexity index is 1010. The number of nitrogens with zero attached hydrogens (tertiary/aromatic N) is 3. The number of pyridine rings is 1. The summed E-state index contributed by atoms with van der Waals surface area (Å²) in [5.74, 6) is 0.390. The minimum Gasteiger partial charge on any atom is -0.342 e. The zero-order valence-corrected chi connectivity index (χ0v) is 21.3. The van der Waals surface area contributed by atoms with Gasteiger partial charge in [-0.05, 0) is 51.2 Å². The molecule has 0 saturated carbocycles. The van der Waals surface area contributed by atoms with Crippen LogP contribution in [0.4, 0.5) is 0 Å². The van der Waals surface area contributed by atoms with Crippen LogP contribution < -0.4 is 5.32 Å². The van der Waals surface area contributed by atoms with Gasteiger partial charge >= 0.3 is 0 Å². The van der Waals surface area contributed by atoms with Crippen molar-refractivity contribution in [2.45, 2.75) is 57.9 Å². The maximum atomic E-state index is 13.0. The molecule has 0 unspecified atom stereocenters. The van der Waals surface area contributed by atoms with Crippen LogP contribution in [-0.4, -0.2) is 34.4 Å². The highest BCUT2D eigenvalue weighted by Gasteiger charge is 2.27. The second kappa shape index (κ2) is 9.87. The van der Waals surface area contributed by atoms with Crippen LogP contribution >= 0.6 is 15.9 Å². The Balaban J connectivity index is 1.85. The highest BCUT2D eigenvalue weighted by atomic mass is 79.9. The van der Waals surface area contributed by atoms with Crippen LogP contribution in [0.2, 0.25) is 19.6 Å². The number of carbonyl (C=O) groups excluding carboxylic acids is 1. The first-order chi connectivity index (χ1) is 14.6. The lowest BCUT2D eigenvalue weighted by molar-refractivity contribution is -0.121. The molecule has 8 heteroatoms. The summed E-state index contributed by atoms with van der Waals surface area (Å²) in [5.41, 5.74) is 4.61. The standard InChI is InChI=1S/C23H30BrN5OSi/c1-15(2)17-8-6-16(7-9-17)12-21(30)26-22(19-11-10-18(24)13-25-19)23-20(27-29-28-23)14-31(3,4)5/h6-11,13,15,22H,12,14H2,1-5H3,(H,26,30)(H,27,28,29)/t22-/m0/s1. The quantitative estimate of drug-likeness (QED) is 0.429. The Kier molecular flexibility index (Phi) is 7.43. The van der Waals surface area contributed by atoms with Gasteiger partial charge in [0.1, 0.15) is 11.7 Å². The van der Waals surface area contributed by atoms with Crippen LogP contribution in [0.5, 0.6) is 0 Å². The summed E-state index contributed by atoms with van der Waals surface area (Å²) in [6.07, 6.45) is 2.03. The number of hydrogen-bond donors (Lipinski definition) is 2. The average molecular weight is 501 g/mol. The maximum Gasteiger partial charge on any atom is 0.225 e. The van der Waals surface area contributed by atoms with Gasteiger partial charge in [-0.15, -0.1) is 0 Å². The monoisotopic (exact) mass is 499 g/mol. The van der Waals surface area contributed by atoms with Crippen molar-refractivity contribution >= 4 is 29.9 Å². The normalized spacial score (nSPS) is 12.7. The van der Waals surface area contributed by atoms with Gasteiger partial charge < -0.3 is 5.32 Å². The van der Waals surface area contributed by atoms with Gasteiger partial charge in [0.15, 0.2) is 0 Å². The van der Waals surface area contributed by atoms with Gasteiger partial charge in [-0.1, -0.05) is 57.8 Å². The second-order valence-corrected chi connectivity index (χ2v) is 15.8. The summed E-state index contributed by atoms with van der Waals surface area (Å²) < 4.78 is 0.883. The highest BCUT2D eigenvalue weighted by molar-refractivity contribution is 9.10. The van der Waals surface area contributed by atoms with E-state index in [4.69, 9.17) is 0 Å². The van der Waals surface area contributed by atoms with E-state index in [1.807, 2.05) is 24.3 Å². The highest BCUT2D eigenvalue weighted by Crippen LogP contribution is 2.24. The molecule has 1 aromatic carbocycles. The maximum absolute atomic E-state index is 13.0. The summed E-state index contributed by atoms with van der Waals surface area (Å²) in [6.45, 7) is 11.2. The minimum atomic E-state index is -1.43. The fourth-order valence-corrected chi connectivity index (χ4v) is 4.88. The minimum absolute atomic E-state index is 0.0750. The van der Waals surface area contributed by atoms with Crippen molar-refractivity contribution in [3.05, 3.63) is 75.3 Å². The number of aromatic amines is 1. The second-order valence-electron chi connectivity index (χ2n) is 9.37. The molecule has 2 aromatic heterocycles. The van der Waals surface area contributed by atoms with Crippen LogP contribution in [0.1, 0.15) is 54.0 Å². The van der Waals surface area contributed by atoms with Crippen molar-refractivity contribution in [2.75, 3.05) is 0 Å². The van der Waals surface area contributed by atoms with E-state index in [-0.39, 0.29) is 5.91 Å². The molecule has 0 saturated heterocycles. The predicted octanol–water partition coefficient (Wildman–Crippen LogP) is 4.95. The molecule has 6 nitrogen and oxygen atoms in total. The average Bonchev–Trinajstić information content (AvgIpc) is 3.13. The summed E-state index contributed by atoms with van der Waals surface area (Å²) in [7, 11) is -1.43. The van der Waals surface area contributed by atoms with Crippen molar-refractivity contribution < 1.29 is 4.79 Å². The Morgan fingerprint density at radius 1 is 1.10 bits per heavy atom. The summed E-state index contributed by atoms with van der Waals surface area (Å²) in [5, 5.41) is 14.7. The first kappa shape index (κ1) is 23.3. The Morgan fingerprint density at radius 2 is 1.81 bits per heavy atom. The molecule has 164 valence electrons. The number of aromatic nitrogens is 4. The zero-order valence-electron chi connectivity index (χ0n) is 18.7. The molecule has 1 amide bonds. The number of nitrogens with one attached hydrogen (secondary N) is 2. The number of amides is 1. The smallest absolute Gasteiger partial charge is 0.225 e. The van der Waals surface area contributed by atoms with E-state index in [0.29, 0.717) is 12.3 Å². The SMILES string of the molecule is CC(C)c1ccc(CC(=O)N[C@@H](c2ccc(Br)cn2)c2n[nH]nc2C[Si](C)(C)C)cc1. The molecule has 0 aliphatic heterocycles. The summed E-state index contributed by atoms with van der Waals surface area (Å²) >= 11 is 3.43. The summed E-state index contributed by atoms with van der Waals surface area (Å²) in [6, 6.07) is 12.5. The predicted molar refractivity (Wildman–Crippen MR) is 130 cm³/mol. The van der Waals surface area contributed by atoms with Crippen LogP contribution in [0.25, 0.3) is 0 Å². The van der Waals surface area contributed by atoms with Crippen molar-refractivity contribution in [3.63, 3.8) is 0 Å². The third-order valence-electron chi connectivity index (χ3n) is 4.98. The molecule has 3 rings (SSSR count). The topological polar surface area (TPSA) is 83.6 Å². The van der Waals surface area contributed by atoms with Crippen LogP contribution in [0.15, 0.2) is 47.1 Å². The molecular formula is C23H30BrN5OSi. The molecular weight excluding hydrogens is 470 g/mol. The van der Waals surface area contributed by atoms with E-state index in [0.717, 1.165) is 33.2 Å². The van der Waals surface area contributed by atoms with Gasteiger partial charge in [0, 0.05) is 10.7 Å². The lowest BCUT2D eigenvalue weighted by Crippen LogP contribution is -2.33. The van der Waals surface area contributed by atoms with E-state index < -0.39 is 14.1 Å². The van der Waals surface area contributed by atoms with Gasteiger partial charge in [-0.25, -0.2) is 0 Å². The van der Waals surface area contributed by atoms with E-state index in [1.54, 1.807) is 6.20 Å². The summed E-state index contributed by atoms with van der Waals surface area (Å²) in [4.78, 5) is 17.5. The first-order valence-corrected chi connectivity index (χ1v) is 15.0. The fraction of sp³-hybridized carbons (Fsp3) is 0.391. The number of hydrogen-bond acceptors (Lipinski definition) is 4. The van der Waals surface area contributed by atoms with E-state index in [9.17, 15) is 4.79 Å². The van der Waals surface area contributed by atoms with Crippen LogP contribution in [0, 0.1) is 0 Å². The van der Waals surface area contributed by atoms with Crippen molar-refractivity contribution in [3.8, 4) is 0 Å². The molecule has 3 aromatic rings. The van der Waals surface area contributed by atoms with Crippen molar-refractivity contribution in [1.82, 2.24) is 25.7 Å². The van der Waals surface area contributed by atoms with Crippen molar-refractivity contribution in [1.29, 1.82) is 0 Å². The van der Waals surface area contributed by atoms with Gasteiger partial charge in [-0.3, -0.25) is 9.78 Å². The molecule has 0 radical (unpaired) electrons. The third-order valence-corrected chi connectivity index (χ3v) is 6.85. The molecule has 2 N–H and O–H groups in total. The molecule has 0 aliphatic rings. The molecule has 31 heavy (non-hydrogen) atoms. The van der Waals surface area contributed by atoms with Gasteiger partial charge in [-0.2, -0.15) is 15.4 Å². The molecule has 0 spiro atoms. The largest absolute Gasteiger partial charge is 0.342 e. The Hall–Kier alpha value is -2.32.